The smallest absolute Gasteiger partial charge is 0.141 e. The van der Waals surface area contributed by atoms with Gasteiger partial charge in [-0.05, 0) is 47.9 Å². The van der Waals surface area contributed by atoms with Gasteiger partial charge in [0.05, 0.1) is 18.7 Å². The quantitative estimate of drug-likeness (QED) is 0.652. The molecule has 0 bridgehead atoms. The van der Waals surface area contributed by atoms with Gasteiger partial charge >= 0.3 is 0 Å². The molecule has 1 aromatic heterocycles. The minimum absolute atomic E-state index is 0.135. The second-order valence-electron chi connectivity index (χ2n) is 5.27. The number of aryl methyl sites for hydroxylation is 1. The Labute approximate surface area is 142 Å². The molecule has 6 heteroatoms. The largest absolute Gasteiger partial charge is 0.392 e. The second kappa shape index (κ2) is 6.62. The van der Waals surface area contributed by atoms with E-state index in [1.807, 2.05) is 31.2 Å². The zero-order chi connectivity index (χ0) is 16.4. The first kappa shape index (κ1) is 15.9. The van der Waals surface area contributed by atoms with Gasteiger partial charge in [-0.15, -0.1) is 0 Å². The van der Waals surface area contributed by atoms with Gasteiger partial charge in [-0.25, -0.2) is 9.97 Å². The van der Waals surface area contributed by atoms with Crippen molar-refractivity contribution < 1.29 is 10.2 Å². The highest BCUT2D eigenvalue weighted by Gasteiger charge is 2.09. The molecule has 0 aliphatic heterocycles. The maximum Gasteiger partial charge on any atom is 0.141 e. The van der Waals surface area contributed by atoms with Crippen LogP contribution in [0.2, 0.25) is 0 Å². The van der Waals surface area contributed by atoms with Gasteiger partial charge in [0.1, 0.15) is 12.1 Å². The van der Waals surface area contributed by atoms with E-state index in [1.165, 1.54) is 6.33 Å². The summed E-state index contributed by atoms with van der Waals surface area (Å²) in [6.45, 7) is 1.75. The third kappa shape index (κ3) is 3.19. The predicted molar refractivity (Wildman–Crippen MR) is 93.5 cm³/mol. The van der Waals surface area contributed by atoms with Crippen LogP contribution < -0.4 is 5.32 Å². The zero-order valence-corrected chi connectivity index (χ0v) is 14.1. The molecule has 3 N–H and O–H groups in total. The number of halogens is 1. The molecule has 118 valence electrons. The monoisotopic (exact) mass is 373 g/mol. The Morgan fingerprint density at radius 3 is 2.48 bits per heavy atom. The van der Waals surface area contributed by atoms with Gasteiger partial charge < -0.3 is 15.5 Å². The number of benzene rings is 2. The molecule has 0 spiro atoms. The van der Waals surface area contributed by atoms with Crippen LogP contribution in [0.15, 0.2) is 41.1 Å². The van der Waals surface area contributed by atoms with Gasteiger partial charge in [0.25, 0.3) is 0 Å². The van der Waals surface area contributed by atoms with E-state index >= 15 is 0 Å². The van der Waals surface area contributed by atoms with Crippen LogP contribution >= 0.6 is 15.9 Å². The van der Waals surface area contributed by atoms with Crippen LogP contribution in [0.5, 0.6) is 0 Å². The summed E-state index contributed by atoms with van der Waals surface area (Å²) < 4.78 is 1.01. The summed E-state index contributed by atoms with van der Waals surface area (Å²) in [6, 6.07) is 9.56. The van der Waals surface area contributed by atoms with Crippen molar-refractivity contribution >= 4 is 38.3 Å². The van der Waals surface area contributed by atoms with Gasteiger partial charge in [0, 0.05) is 15.5 Å². The maximum atomic E-state index is 9.48. The topological polar surface area (TPSA) is 78.3 Å². The normalized spacial score (nSPS) is 11.0. The Morgan fingerprint density at radius 2 is 1.78 bits per heavy atom. The summed E-state index contributed by atoms with van der Waals surface area (Å²) in [4.78, 5) is 8.55. The highest BCUT2D eigenvalue weighted by atomic mass is 79.9. The Morgan fingerprint density at radius 1 is 1.04 bits per heavy atom. The summed E-state index contributed by atoms with van der Waals surface area (Å²) in [5, 5.41) is 22.9. The number of aliphatic hydroxyl groups excluding tert-OH is 2. The number of aliphatic hydroxyl groups is 2. The first-order valence-corrected chi connectivity index (χ1v) is 7.93. The average molecular weight is 374 g/mol. The van der Waals surface area contributed by atoms with E-state index in [2.05, 4.69) is 31.2 Å². The Balaban J connectivity index is 2.08. The van der Waals surface area contributed by atoms with E-state index in [0.29, 0.717) is 16.9 Å². The molecule has 0 aliphatic rings. The lowest BCUT2D eigenvalue weighted by atomic mass is 10.0. The number of nitrogens with zero attached hydrogens (tertiary/aromatic N) is 2. The van der Waals surface area contributed by atoms with Crippen molar-refractivity contribution in [3.63, 3.8) is 0 Å². The number of anilines is 2. The molecule has 0 fully saturated rings. The fourth-order valence-corrected chi connectivity index (χ4v) is 2.77. The van der Waals surface area contributed by atoms with E-state index in [1.54, 1.807) is 6.07 Å². The predicted octanol–water partition coefficient (Wildman–Crippen LogP) is 3.43. The summed E-state index contributed by atoms with van der Waals surface area (Å²) >= 11 is 3.52. The molecule has 2 aromatic carbocycles. The lowest BCUT2D eigenvalue weighted by Gasteiger charge is -2.12. The average Bonchev–Trinajstić information content (AvgIpc) is 2.57. The van der Waals surface area contributed by atoms with Crippen LogP contribution in [0, 0.1) is 6.92 Å². The van der Waals surface area contributed by atoms with E-state index in [0.717, 1.165) is 26.6 Å². The molecule has 0 saturated carbocycles. The molecule has 0 radical (unpaired) electrons. The molecule has 3 aromatic rings. The molecular weight excluding hydrogens is 358 g/mol. The van der Waals surface area contributed by atoms with Gasteiger partial charge in [-0.1, -0.05) is 22.0 Å². The first-order valence-electron chi connectivity index (χ1n) is 7.13. The number of fused-ring (bicyclic) bond motifs is 1. The van der Waals surface area contributed by atoms with Crippen LogP contribution in [-0.2, 0) is 13.2 Å². The van der Waals surface area contributed by atoms with Crippen molar-refractivity contribution in [2.75, 3.05) is 5.32 Å². The number of rotatable bonds is 4. The van der Waals surface area contributed by atoms with Gasteiger partial charge in [-0.2, -0.15) is 0 Å². The summed E-state index contributed by atoms with van der Waals surface area (Å²) in [5.41, 5.74) is 4.11. The number of hydrogen-bond acceptors (Lipinski definition) is 5. The van der Waals surface area contributed by atoms with Crippen molar-refractivity contribution in [3.8, 4) is 0 Å². The van der Waals surface area contributed by atoms with Gasteiger partial charge in [-0.3, -0.25) is 0 Å². The standard InChI is InChI=1S/C17H16BrN3O2/c1-10-2-3-13(6-15(10)18)21-17-14-4-11(7-22)12(8-23)5-16(14)19-9-20-17/h2-6,9,22-23H,7-8H2,1H3,(H,19,20,21). The van der Waals surface area contributed by atoms with Crippen molar-refractivity contribution in [2.24, 2.45) is 0 Å². The van der Waals surface area contributed by atoms with Crippen LogP contribution in [0.25, 0.3) is 10.9 Å². The van der Waals surface area contributed by atoms with Gasteiger partial charge in [0.15, 0.2) is 0 Å². The highest BCUT2D eigenvalue weighted by molar-refractivity contribution is 9.10. The Hall–Kier alpha value is -2.02. The molecule has 0 aliphatic carbocycles. The SMILES string of the molecule is Cc1ccc(Nc2ncnc3cc(CO)c(CO)cc23)cc1Br. The van der Waals surface area contributed by atoms with E-state index in [4.69, 9.17) is 0 Å². The summed E-state index contributed by atoms with van der Waals surface area (Å²) in [7, 11) is 0. The third-order valence-electron chi connectivity index (χ3n) is 3.73. The Kier molecular flexibility index (Phi) is 4.56. The highest BCUT2D eigenvalue weighted by Crippen LogP contribution is 2.28. The van der Waals surface area contributed by atoms with E-state index < -0.39 is 0 Å². The molecule has 3 rings (SSSR count). The van der Waals surface area contributed by atoms with Crippen molar-refractivity contribution in [1.82, 2.24) is 9.97 Å². The molecule has 0 saturated heterocycles. The molecule has 0 unspecified atom stereocenters. The third-order valence-corrected chi connectivity index (χ3v) is 4.59. The van der Waals surface area contributed by atoms with Crippen LogP contribution in [0.3, 0.4) is 0 Å². The first-order chi connectivity index (χ1) is 11.1. The van der Waals surface area contributed by atoms with Crippen molar-refractivity contribution in [3.05, 3.63) is 57.8 Å². The summed E-state index contributed by atoms with van der Waals surface area (Å²) in [5.74, 6) is 0.657. The number of aromatic nitrogens is 2. The molecule has 1 heterocycles. The number of nitrogens with one attached hydrogen (secondary N) is 1. The lowest BCUT2D eigenvalue weighted by Crippen LogP contribution is -2.00. The Bertz CT molecular complexity index is 868. The van der Waals surface area contributed by atoms with Crippen molar-refractivity contribution in [2.45, 2.75) is 20.1 Å². The molecule has 0 amide bonds. The molecule has 0 atom stereocenters. The molecule has 5 nitrogen and oxygen atoms in total. The summed E-state index contributed by atoms with van der Waals surface area (Å²) in [6.07, 6.45) is 1.48. The van der Waals surface area contributed by atoms with E-state index in [-0.39, 0.29) is 13.2 Å². The maximum absolute atomic E-state index is 9.48. The van der Waals surface area contributed by atoms with Crippen LogP contribution in [0.4, 0.5) is 11.5 Å². The molecular formula is C17H16BrN3O2. The minimum atomic E-state index is -0.143. The fourth-order valence-electron chi connectivity index (χ4n) is 2.39. The second-order valence-corrected chi connectivity index (χ2v) is 6.12. The lowest BCUT2D eigenvalue weighted by molar-refractivity contribution is 0.260. The molecule has 23 heavy (non-hydrogen) atoms. The van der Waals surface area contributed by atoms with Crippen LogP contribution in [0.1, 0.15) is 16.7 Å². The van der Waals surface area contributed by atoms with Crippen LogP contribution in [-0.4, -0.2) is 20.2 Å². The van der Waals surface area contributed by atoms with Crippen molar-refractivity contribution in [1.29, 1.82) is 0 Å². The van der Waals surface area contributed by atoms with Gasteiger partial charge in [0.2, 0.25) is 0 Å². The fraction of sp³-hybridized carbons (Fsp3) is 0.176. The number of hydrogen-bond donors (Lipinski definition) is 3. The zero-order valence-electron chi connectivity index (χ0n) is 12.5. The van der Waals surface area contributed by atoms with E-state index in [9.17, 15) is 10.2 Å². The minimum Gasteiger partial charge on any atom is -0.392 e.